The Kier molecular flexibility index (Phi) is 3.37. The standard InChI is InChI=1S/C8H14ClNO/c1-6(9)5-7-8(11)3-2-4-10-7/h7-8,10-11H,1-5H2/t7-,8-/m0/s1. The maximum absolute atomic E-state index is 9.46. The Morgan fingerprint density at radius 3 is 3.00 bits per heavy atom. The summed E-state index contributed by atoms with van der Waals surface area (Å²) in [6.07, 6.45) is 2.34. The second-order valence-electron chi connectivity index (χ2n) is 2.99. The molecule has 0 aromatic rings. The molecule has 2 N–H and O–H groups in total. The average Bonchev–Trinajstić information content (AvgIpc) is 1.93. The Labute approximate surface area is 72.2 Å². The van der Waals surface area contributed by atoms with Crippen LogP contribution >= 0.6 is 11.6 Å². The first-order valence-electron chi connectivity index (χ1n) is 3.95. The molecule has 1 fully saturated rings. The molecule has 0 saturated carbocycles. The van der Waals surface area contributed by atoms with Crippen molar-refractivity contribution in [1.29, 1.82) is 0 Å². The predicted molar refractivity (Wildman–Crippen MR) is 46.6 cm³/mol. The van der Waals surface area contributed by atoms with Crippen molar-refractivity contribution in [3.05, 3.63) is 11.6 Å². The summed E-state index contributed by atoms with van der Waals surface area (Å²) < 4.78 is 0. The first-order valence-corrected chi connectivity index (χ1v) is 4.32. The van der Waals surface area contributed by atoms with E-state index in [9.17, 15) is 5.11 Å². The van der Waals surface area contributed by atoms with Crippen molar-refractivity contribution in [2.75, 3.05) is 6.54 Å². The molecular weight excluding hydrogens is 162 g/mol. The molecule has 0 radical (unpaired) electrons. The fourth-order valence-corrected chi connectivity index (χ4v) is 1.55. The lowest BCUT2D eigenvalue weighted by atomic mass is 9.99. The van der Waals surface area contributed by atoms with E-state index in [0.29, 0.717) is 11.5 Å². The number of rotatable bonds is 2. The van der Waals surface area contributed by atoms with Crippen molar-refractivity contribution in [2.24, 2.45) is 0 Å². The third-order valence-corrected chi connectivity index (χ3v) is 2.14. The van der Waals surface area contributed by atoms with Crippen LogP contribution in [0.25, 0.3) is 0 Å². The van der Waals surface area contributed by atoms with E-state index in [4.69, 9.17) is 11.6 Å². The van der Waals surface area contributed by atoms with E-state index >= 15 is 0 Å². The maximum atomic E-state index is 9.46. The molecule has 0 aromatic carbocycles. The van der Waals surface area contributed by atoms with Crippen LogP contribution in [0.3, 0.4) is 0 Å². The first kappa shape index (κ1) is 9.04. The summed E-state index contributed by atoms with van der Waals surface area (Å²) in [6.45, 7) is 4.58. The van der Waals surface area contributed by atoms with Gasteiger partial charge in [-0.3, -0.25) is 0 Å². The van der Waals surface area contributed by atoms with E-state index in [0.717, 1.165) is 19.4 Å². The molecule has 0 spiro atoms. The summed E-state index contributed by atoms with van der Waals surface area (Å²) in [7, 11) is 0. The zero-order valence-corrected chi connectivity index (χ0v) is 7.27. The van der Waals surface area contributed by atoms with E-state index in [1.165, 1.54) is 0 Å². The number of aliphatic hydroxyl groups is 1. The molecule has 2 atom stereocenters. The summed E-state index contributed by atoms with van der Waals surface area (Å²) in [5.74, 6) is 0. The molecule has 1 saturated heterocycles. The highest BCUT2D eigenvalue weighted by molar-refractivity contribution is 6.29. The van der Waals surface area contributed by atoms with Crippen LogP contribution in [0.4, 0.5) is 0 Å². The zero-order valence-electron chi connectivity index (χ0n) is 6.52. The van der Waals surface area contributed by atoms with Gasteiger partial charge in [-0.15, -0.1) is 0 Å². The molecule has 1 aliphatic heterocycles. The normalized spacial score (nSPS) is 31.8. The fraction of sp³-hybridized carbons (Fsp3) is 0.750. The highest BCUT2D eigenvalue weighted by Gasteiger charge is 2.22. The minimum absolute atomic E-state index is 0.119. The van der Waals surface area contributed by atoms with Crippen LogP contribution in [0.2, 0.25) is 0 Å². The van der Waals surface area contributed by atoms with E-state index in [1.54, 1.807) is 0 Å². The van der Waals surface area contributed by atoms with Gasteiger partial charge in [-0.2, -0.15) is 0 Å². The molecule has 64 valence electrons. The van der Waals surface area contributed by atoms with Crippen LogP contribution in [0.1, 0.15) is 19.3 Å². The van der Waals surface area contributed by atoms with E-state index in [2.05, 4.69) is 11.9 Å². The van der Waals surface area contributed by atoms with E-state index < -0.39 is 0 Å². The Hall–Kier alpha value is -0.0500. The van der Waals surface area contributed by atoms with Crippen LogP contribution in [0.5, 0.6) is 0 Å². The number of hydrogen-bond acceptors (Lipinski definition) is 2. The van der Waals surface area contributed by atoms with Crippen LogP contribution < -0.4 is 5.32 Å². The molecule has 0 aromatic heterocycles. The summed E-state index contributed by atoms with van der Waals surface area (Å²) in [6, 6.07) is 0.119. The minimum Gasteiger partial charge on any atom is -0.391 e. The average molecular weight is 176 g/mol. The van der Waals surface area contributed by atoms with Crippen LogP contribution in [-0.4, -0.2) is 23.8 Å². The van der Waals surface area contributed by atoms with Gasteiger partial charge in [-0.1, -0.05) is 18.2 Å². The molecule has 0 aliphatic carbocycles. The second kappa shape index (κ2) is 4.10. The molecule has 3 heteroatoms. The number of aliphatic hydroxyl groups excluding tert-OH is 1. The Balaban J connectivity index is 2.35. The third-order valence-electron chi connectivity index (χ3n) is 1.99. The molecule has 1 heterocycles. The molecular formula is C8H14ClNO. The molecule has 0 bridgehead atoms. The fourth-order valence-electron chi connectivity index (χ4n) is 1.38. The van der Waals surface area contributed by atoms with Gasteiger partial charge in [-0.25, -0.2) is 0 Å². The summed E-state index contributed by atoms with van der Waals surface area (Å²) >= 11 is 5.63. The third kappa shape index (κ3) is 2.81. The van der Waals surface area contributed by atoms with Crippen molar-refractivity contribution in [3.8, 4) is 0 Å². The van der Waals surface area contributed by atoms with Gasteiger partial charge >= 0.3 is 0 Å². The van der Waals surface area contributed by atoms with Crippen LogP contribution in [0.15, 0.2) is 11.6 Å². The van der Waals surface area contributed by atoms with Crippen molar-refractivity contribution in [2.45, 2.75) is 31.4 Å². The summed E-state index contributed by atoms with van der Waals surface area (Å²) in [5.41, 5.74) is 0. The number of halogens is 1. The largest absolute Gasteiger partial charge is 0.391 e. The van der Waals surface area contributed by atoms with Crippen LogP contribution in [-0.2, 0) is 0 Å². The number of piperidine rings is 1. The lowest BCUT2D eigenvalue weighted by Crippen LogP contribution is -2.44. The Morgan fingerprint density at radius 2 is 2.45 bits per heavy atom. The summed E-state index contributed by atoms with van der Waals surface area (Å²) in [5, 5.41) is 13.3. The zero-order chi connectivity index (χ0) is 8.27. The maximum Gasteiger partial charge on any atom is 0.0697 e. The van der Waals surface area contributed by atoms with Gasteiger partial charge < -0.3 is 10.4 Å². The van der Waals surface area contributed by atoms with Gasteiger partial charge in [0.1, 0.15) is 0 Å². The Bertz CT molecular complexity index is 149. The topological polar surface area (TPSA) is 32.3 Å². The van der Waals surface area contributed by atoms with Crippen molar-refractivity contribution in [3.63, 3.8) is 0 Å². The highest BCUT2D eigenvalue weighted by atomic mass is 35.5. The number of hydrogen-bond donors (Lipinski definition) is 2. The predicted octanol–water partition coefficient (Wildman–Crippen LogP) is 1.24. The highest BCUT2D eigenvalue weighted by Crippen LogP contribution is 2.16. The smallest absolute Gasteiger partial charge is 0.0697 e. The molecule has 0 unspecified atom stereocenters. The van der Waals surface area contributed by atoms with Gasteiger partial charge in [0.25, 0.3) is 0 Å². The van der Waals surface area contributed by atoms with Crippen molar-refractivity contribution < 1.29 is 5.11 Å². The lowest BCUT2D eigenvalue weighted by Gasteiger charge is -2.28. The molecule has 11 heavy (non-hydrogen) atoms. The van der Waals surface area contributed by atoms with Crippen molar-refractivity contribution >= 4 is 11.6 Å². The SMILES string of the molecule is C=C(Cl)C[C@@H]1NCCC[C@@H]1O. The molecule has 1 aliphatic rings. The van der Waals surface area contributed by atoms with Crippen LogP contribution in [0, 0.1) is 0 Å². The van der Waals surface area contributed by atoms with E-state index in [1.807, 2.05) is 0 Å². The van der Waals surface area contributed by atoms with Gasteiger partial charge in [0.15, 0.2) is 0 Å². The van der Waals surface area contributed by atoms with Gasteiger partial charge in [-0.05, 0) is 19.4 Å². The quantitative estimate of drug-likeness (QED) is 0.662. The van der Waals surface area contributed by atoms with Crippen molar-refractivity contribution in [1.82, 2.24) is 5.32 Å². The Morgan fingerprint density at radius 1 is 1.73 bits per heavy atom. The monoisotopic (exact) mass is 175 g/mol. The van der Waals surface area contributed by atoms with Gasteiger partial charge in [0, 0.05) is 17.5 Å². The second-order valence-corrected chi connectivity index (χ2v) is 3.53. The van der Waals surface area contributed by atoms with Gasteiger partial charge in [0.2, 0.25) is 0 Å². The van der Waals surface area contributed by atoms with E-state index in [-0.39, 0.29) is 12.1 Å². The minimum atomic E-state index is -0.251. The lowest BCUT2D eigenvalue weighted by molar-refractivity contribution is 0.0971. The molecule has 1 rings (SSSR count). The molecule has 2 nitrogen and oxygen atoms in total. The summed E-state index contributed by atoms with van der Waals surface area (Å²) in [4.78, 5) is 0. The first-order chi connectivity index (χ1) is 5.20. The number of nitrogens with one attached hydrogen (secondary N) is 1. The molecule has 0 amide bonds. The van der Waals surface area contributed by atoms with Gasteiger partial charge in [0.05, 0.1) is 6.10 Å².